The minimum atomic E-state index is -0.160. The summed E-state index contributed by atoms with van der Waals surface area (Å²) in [7, 11) is 1.88. The van der Waals surface area contributed by atoms with E-state index in [1.54, 1.807) is 6.92 Å². The zero-order valence-corrected chi connectivity index (χ0v) is 8.35. The molecule has 0 bridgehead atoms. The molecular weight excluding hydrogens is 179 g/mol. The third-order valence-corrected chi connectivity index (χ3v) is 0.812. The number of nitrogens with one attached hydrogen (secondary N) is 1. The SMILES string of the molecule is CNCC[C@@H](C)O.[Y]. The molecule has 1 radical (unpaired) electrons. The second kappa shape index (κ2) is 8.02. The number of hydrogen-bond acceptors (Lipinski definition) is 2. The Hall–Kier alpha value is 1.02. The molecule has 0 heterocycles. The molecule has 47 valence electrons. The molecule has 0 aromatic heterocycles. The molecule has 0 aromatic rings. The number of rotatable bonds is 3. The Bertz CT molecular complexity index is 41.4. The monoisotopic (exact) mass is 192 g/mol. The summed E-state index contributed by atoms with van der Waals surface area (Å²) in [5, 5.41) is 11.6. The van der Waals surface area contributed by atoms with E-state index in [4.69, 9.17) is 5.11 Å². The summed E-state index contributed by atoms with van der Waals surface area (Å²) in [4.78, 5) is 0. The van der Waals surface area contributed by atoms with Crippen LogP contribution < -0.4 is 5.32 Å². The van der Waals surface area contributed by atoms with Crippen LogP contribution in [0.3, 0.4) is 0 Å². The van der Waals surface area contributed by atoms with Gasteiger partial charge < -0.3 is 10.4 Å². The summed E-state index contributed by atoms with van der Waals surface area (Å²) < 4.78 is 0. The van der Waals surface area contributed by atoms with Crippen LogP contribution in [-0.2, 0) is 32.7 Å². The fourth-order valence-corrected chi connectivity index (χ4v) is 0.353. The molecule has 0 amide bonds. The maximum Gasteiger partial charge on any atom is 0.0524 e. The normalized spacial score (nSPS) is 12.4. The smallest absolute Gasteiger partial charge is 0.0524 e. The van der Waals surface area contributed by atoms with E-state index in [1.807, 2.05) is 7.05 Å². The van der Waals surface area contributed by atoms with Crippen molar-refractivity contribution in [1.82, 2.24) is 5.32 Å². The first-order valence-corrected chi connectivity index (χ1v) is 2.60. The van der Waals surface area contributed by atoms with Crippen LogP contribution in [0, 0.1) is 0 Å². The van der Waals surface area contributed by atoms with Crippen LogP contribution in [0.15, 0.2) is 0 Å². The molecule has 2 nitrogen and oxygen atoms in total. The average molecular weight is 192 g/mol. The van der Waals surface area contributed by atoms with Gasteiger partial charge in [0.25, 0.3) is 0 Å². The first-order chi connectivity index (χ1) is 3.27. The molecule has 0 spiro atoms. The summed E-state index contributed by atoms with van der Waals surface area (Å²) in [5.41, 5.74) is 0. The molecule has 8 heavy (non-hydrogen) atoms. The van der Waals surface area contributed by atoms with E-state index in [9.17, 15) is 0 Å². The summed E-state index contributed by atoms with van der Waals surface area (Å²) in [5.74, 6) is 0. The second-order valence-electron chi connectivity index (χ2n) is 1.74. The number of hydrogen-bond donors (Lipinski definition) is 2. The predicted molar refractivity (Wildman–Crippen MR) is 30.2 cm³/mol. The maximum absolute atomic E-state index is 8.64. The number of aliphatic hydroxyl groups is 1. The topological polar surface area (TPSA) is 32.3 Å². The number of aliphatic hydroxyl groups excluding tert-OH is 1. The molecule has 1 atom stereocenters. The Morgan fingerprint density at radius 1 is 1.62 bits per heavy atom. The van der Waals surface area contributed by atoms with Gasteiger partial charge in [-0.3, -0.25) is 0 Å². The first-order valence-electron chi connectivity index (χ1n) is 2.60. The van der Waals surface area contributed by atoms with Gasteiger partial charge in [-0.05, 0) is 26.9 Å². The van der Waals surface area contributed by atoms with Crippen molar-refractivity contribution < 1.29 is 37.8 Å². The van der Waals surface area contributed by atoms with Gasteiger partial charge in [0.05, 0.1) is 6.10 Å². The van der Waals surface area contributed by atoms with E-state index in [-0.39, 0.29) is 38.8 Å². The predicted octanol–water partition coefficient (Wildman–Crippen LogP) is -0.0258. The molecule has 0 aromatic carbocycles. The molecule has 0 rings (SSSR count). The van der Waals surface area contributed by atoms with Crippen molar-refractivity contribution >= 4 is 0 Å². The van der Waals surface area contributed by atoms with Crippen molar-refractivity contribution in [3.05, 3.63) is 0 Å². The fourth-order valence-electron chi connectivity index (χ4n) is 0.353. The van der Waals surface area contributed by atoms with Crippen molar-refractivity contribution in [2.75, 3.05) is 13.6 Å². The Labute approximate surface area is 75.9 Å². The van der Waals surface area contributed by atoms with Gasteiger partial charge in [0, 0.05) is 32.7 Å². The second-order valence-corrected chi connectivity index (χ2v) is 1.74. The van der Waals surface area contributed by atoms with Crippen molar-refractivity contribution in [1.29, 1.82) is 0 Å². The van der Waals surface area contributed by atoms with Gasteiger partial charge in [0.15, 0.2) is 0 Å². The molecule has 2 N–H and O–H groups in total. The van der Waals surface area contributed by atoms with Crippen LogP contribution >= 0.6 is 0 Å². The Morgan fingerprint density at radius 3 is 2.25 bits per heavy atom. The minimum Gasteiger partial charge on any atom is -0.393 e. The summed E-state index contributed by atoms with van der Waals surface area (Å²) >= 11 is 0. The molecule has 0 aliphatic heterocycles. The molecule has 0 aliphatic carbocycles. The quantitative estimate of drug-likeness (QED) is 0.658. The van der Waals surface area contributed by atoms with Crippen molar-refractivity contribution in [2.24, 2.45) is 0 Å². The largest absolute Gasteiger partial charge is 0.393 e. The third kappa shape index (κ3) is 10.1. The van der Waals surface area contributed by atoms with Gasteiger partial charge in [-0.2, -0.15) is 0 Å². The van der Waals surface area contributed by atoms with Crippen molar-refractivity contribution in [2.45, 2.75) is 19.4 Å². The third-order valence-electron chi connectivity index (χ3n) is 0.812. The Kier molecular flexibility index (Phi) is 11.8. The van der Waals surface area contributed by atoms with Gasteiger partial charge in [0.1, 0.15) is 0 Å². The molecular formula is C5H13NOY. The summed E-state index contributed by atoms with van der Waals surface area (Å²) in [6.07, 6.45) is 0.684. The van der Waals surface area contributed by atoms with Crippen LogP contribution in [0.2, 0.25) is 0 Å². The fraction of sp³-hybridized carbons (Fsp3) is 1.00. The molecule has 3 heteroatoms. The van der Waals surface area contributed by atoms with Crippen LogP contribution in [0.1, 0.15) is 13.3 Å². The van der Waals surface area contributed by atoms with E-state index in [1.165, 1.54) is 0 Å². The van der Waals surface area contributed by atoms with Crippen LogP contribution in [0.5, 0.6) is 0 Å². The van der Waals surface area contributed by atoms with Crippen LogP contribution in [-0.4, -0.2) is 24.8 Å². The summed E-state index contributed by atoms with van der Waals surface area (Å²) in [6.45, 7) is 2.69. The van der Waals surface area contributed by atoms with Gasteiger partial charge in [-0.25, -0.2) is 0 Å². The minimum absolute atomic E-state index is 0. The van der Waals surface area contributed by atoms with Gasteiger partial charge in [-0.15, -0.1) is 0 Å². The average Bonchev–Trinajstić information content (AvgIpc) is 1.61. The van der Waals surface area contributed by atoms with Crippen LogP contribution in [0.25, 0.3) is 0 Å². The van der Waals surface area contributed by atoms with Gasteiger partial charge >= 0.3 is 0 Å². The summed E-state index contributed by atoms with van der Waals surface area (Å²) in [6, 6.07) is 0. The van der Waals surface area contributed by atoms with E-state index in [0.29, 0.717) is 0 Å². The van der Waals surface area contributed by atoms with Gasteiger partial charge in [0.2, 0.25) is 0 Å². The zero-order valence-electron chi connectivity index (χ0n) is 5.52. The van der Waals surface area contributed by atoms with Crippen molar-refractivity contribution in [3.63, 3.8) is 0 Å². The molecule has 0 saturated carbocycles. The molecule has 0 aliphatic rings. The Morgan fingerprint density at radius 2 is 2.12 bits per heavy atom. The maximum atomic E-state index is 8.64. The molecule has 0 unspecified atom stereocenters. The van der Waals surface area contributed by atoms with E-state index < -0.39 is 0 Å². The van der Waals surface area contributed by atoms with Crippen LogP contribution in [0.4, 0.5) is 0 Å². The van der Waals surface area contributed by atoms with E-state index in [2.05, 4.69) is 5.32 Å². The van der Waals surface area contributed by atoms with Gasteiger partial charge in [-0.1, -0.05) is 0 Å². The van der Waals surface area contributed by atoms with Crippen molar-refractivity contribution in [3.8, 4) is 0 Å². The molecule has 0 fully saturated rings. The van der Waals surface area contributed by atoms with E-state index in [0.717, 1.165) is 13.0 Å². The van der Waals surface area contributed by atoms with E-state index >= 15 is 0 Å². The zero-order chi connectivity index (χ0) is 5.70. The standard InChI is InChI=1S/C5H13NO.Y/c1-5(7)3-4-6-2;/h5-7H,3-4H2,1-2H3;/t5-;/m1./s1. The Balaban J connectivity index is 0. The molecule has 0 saturated heterocycles. The first kappa shape index (κ1) is 11.8.